The van der Waals surface area contributed by atoms with Crippen molar-refractivity contribution in [3.8, 4) is 0 Å². The van der Waals surface area contributed by atoms with Crippen LogP contribution in [0.2, 0.25) is 0 Å². The van der Waals surface area contributed by atoms with Gasteiger partial charge < -0.3 is 0 Å². The summed E-state index contributed by atoms with van der Waals surface area (Å²) in [6.07, 6.45) is -0.0741. The summed E-state index contributed by atoms with van der Waals surface area (Å²) >= 11 is 3.25. The first-order valence-electron chi connectivity index (χ1n) is 5.40. The van der Waals surface area contributed by atoms with Crippen molar-refractivity contribution in [2.45, 2.75) is 6.42 Å². The van der Waals surface area contributed by atoms with Gasteiger partial charge in [0.15, 0.2) is 23.2 Å². The second kappa shape index (κ2) is 5.57. The number of carbonyl (C=O) groups excluding carboxylic acids is 1. The van der Waals surface area contributed by atoms with Crippen molar-refractivity contribution >= 4 is 21.7 Å². The van der Waals surface area contributed by atoms with Gasteiger partial charge in [-0.15, -0.1) is 0 Å². The maximum atomic E-state index is 13.4. The average Bonchev–Trinajstić information content (AvgIpc) is 2.39. The van der Waals surface area contributed by atoms with Gasteiger partial charge in [0.05, 0.1) is 5.56 Å². The third-order valence-electron chi connectivity index (χ3n) is 2.61. The SMILES string of the molecule is O=C(Cc1ccc(Br)cc1)c1ccc(F)c(F)c1F. The van der Waals surface area contributed by atoms with Gasteiger partial charge in [0.25, 0.3) is 0 Å². The molecule has 0 saturated carbocycles. The molecule has 0 unspecified atom stereocenters. The summed E-state index contributed by atoms with van der Waals surface area (Å²) in [6.45, 7) is 0. The van der Waals surface area contributed by atoms with Crippen LogP contribution in [0.15, 0.2) is 40.9 Å². The predicted octanol–water partition coefficient (Wildman–Crippen LogP) is 4.29. The molecule has 5 heteroatoms. The number of Topliss-reactive ketones (excluding diaryl/α,β-unsaturated/α-hetero) is 1. The lowest BCUT2D eigenvalue weighted by molar-refractivity contribution is 0.0988. The summed E-state index contributed by atoms with van der Waals surface area (Å²) in [4.78, 5) is 11.8. The largest absolute Gasteiger partial charge is 0.294 e. The van der Waals surface area contributed by atoms with E-state index in [4.69, 9.17) is 0 Å². The van der Waals surface area contributed by atoms with Crippen LogP contribution in [0.1, 0.15) is 15.9 Å². The summed E-state index contributed by atoms with van der Waals surface area (Å²) in [5, 5.41) is 0. The van der Waals surface area contributed by atoms with Crippen LogP contribution in [0.3, 0.4) is 0 Å². The first-order chi connectivity index (χ1) is 8.99. The smallest absolute Gasteiger partial charge is 0.195 e. The first-order valence-corrected chi connectivity index (χ1v) is 6.19. The van der Waals surface area contributed by atoms with Crippen LogP contribution in [0.5, 0.6) is 0 Å². The van der Waals surface area contributed by atoms with E-state index < -0.39 is 28.8 Å². The third-order valence-corrected chi connectivity index (χ3v) is 3.14. The van der Waals surface area contributed by atoms with Crippen LogP contribution in [0.25, 0.3) is 0 Å². The Labute approximate surface area is 116 Å². The molecular formula is C14H8BrF3O. The van der Waals surface area contributed by atoms with Crippen molar-refractivity contribution in [1.82, 2.24) is 0 Å². The molecule has 2 rings (SSSR count). The number of ketones is 1. The van der Waals surface area contributed by atoms with E-state index in [2.05, 4.69) is 15.9 Å². The summed E-state index contributed by atoms with van der Waals surface area (Å²) in [5.74, 6) is -4.97. The van der Waals surface area contributed by atoms with Crippen molar-refractivity contribution < 1.29 is 18.0 Å². The van der Waals surface area contributed by atoms with Gasteiger partial charge in [0.1, 0.15) is 0 Å². The quantitative estimate of drug-likeness (QED) is 0.606. The highest BCUT2D eigenvalue weighted by molar-refractivity contribution is 9.10. The molecule has 0 aromatic heterocycles. The van der Waals surface area contributed by atoms with Gasteiger partial charge in [-0.2, -0.15) is 0 Å². The lowest BCUT2D eigenvalue weighted by Crippen LogP contribution is -2.08. The maximum absolute atomic E-state index is 13.4. The summed E-state index contributed by atoms with van der Waals surface area (Å²) in [6, 6.07) is 8.57. The molecule has 0 heterocycles. The highest BCUT2D eigenvalue weighted by atomic mass is 79.9. The molecule has 0 saturated heterocycles. The monoisotopic (exact) mass is 328 g/mol. The zero-order valence-electron chi connectivity index (χ0n) is 9.59. The predicted molar refractivity (Wildman–Crippen MR) is 68.5 cm³/mol. The van der Waals surface area contributed by atoms with Crippen molar-refractivity contribution in [2.75, 3.05) is 0 Å². The number of rotatable bonds is 3. The van der Waals surface area contributed by atoms with E-state index in [9.17, 15) is 18.0 Å². The van der Waals surface area contributed by atoms with Gasteiger partial charge in [-0.3, -0.25) is 4.79 Å². The molecule has 2 aromatic rings. The molecule has 0 aliphatic carbocycles. The number of halogens is 4. The Balaban J connectivity index is 2.25. The highest BCUT2D eigenvalue weighted by Gasteiger charge is 2.18. The van der Waals surface area contributed by atoms with E-state index in [0.29, 0.717) is 5.56 Å². The molecule has 0 bridgehead atoms. The van der Waals surface area contributed by atoms with Crippen LogP contribution >= 0.6 is 15.9 Å². The minimum Gasteiger partial charge on any atom is -0.294 e. The van der Waals surface area contributed by atoms with Crippen LogP contribution < -0.4 is 0 Å². The molecule has 0 atom stereocenters. The number of benzene rings is 2. The molecule has 0 aliphatic heterocycles. The second-order valence-corrected chi connectivity index (χ2v) is 4.87. The third kappa shape index (κ3) is 3.04. The number of carbonyl (C=O) groups is 1. The van der Waals surface area contributed by atoms with Crippen LogP contribution in [-0.4, -0.2) is 5.78 Å². The molecule has 0 N–H and O–H groups in total. The highest BCUT2D eigenvalue weighted by Crippen LogP contribution is 2.18. The van der Waals surface area contributed by atoms with Crippen molar-refractivity contribution in [1.29, 1.82) is 0 Å². The van der Waals surface area contributed by atoms with Gasteiger partial charge >= 0.3 is 0 Å². The van der Waals surface area contributed by atoms with E-state index in [1.807, 2.05) is 0 Å². The fourth-order valence-electron chi connectivity index (χ4n) is 1.62. The van der Waals surface area contributed by atoms with E-state index in [-0.39, 0.29) is 6.42 Å². The van der Waals surface area contributed by atoms with Crippen LogP contribution in [-0.2, 0) is 6.42 Å². The van der Waals surface area contributed by atoms with Crippen molar-refractivity contribution in [2.24, 2.45) is 0 Å². The standard InChI is InChI=1S/C14H8BrF3O/c15-9-3-1-8(2-4-9)7-12(19)10-5-6-11(16)14(18)13(10)17/h1-6H,7H2. The summed E-state index contributed by atoms with van der Waals surface area (Å²) < 4.78 is 40.1. The minimum absolute atomic E-state index is 0.0741. The maximum Gasteiger partial charge on any atom is 0.195 e. The van der Waals surface area contributed by atoms with E-state index in [0.717, 1.165) is 16.6 Å². The Morgan fingerprint density at radius 3 is 2.21 bits per heavy atom. The lowest BCUT2D eigenvalue weighted by atomic mass is 10.0. The fourth-order valence-corrected chi connectivity index (χ4v) is 1.89. The Hall–Kier alpha value is -1.62. The molecule has 0 aliphatic rings. The average molecular weight is 329 g/mol. The molecule has 98 valence electrons. The van der Waals surface area contributed by atoms with Crippen molar-refractivity contribution in [3.05, 3.63) is 69.4 Å². The molecule has 0 radical (unpaired) electrons. The van der Waals surface area contributed by atoms with E-state index in [1.165, 1.54) is 0 Å². The van der Waals surface area contributed by atoms with Gasteiger partial charge in [-0.05, 0) is 29.8 Å². The summed E-state index contributed by atoms with van der Waals surface area (Å²) in [7, 11) is 0. The van der Waals surface area contributed by atoms with Gasteiger partial charge in [0.2, 0.25) is 0 Å². The topological polar surface area (TPSA) is 17.1 Å². The Kier molecular flexibility index (Phi) is 4.04. The van der Waals surface area contributed by atoms with Crippen LogP contribution in [0.4, 0.5) is 13.2 Å². The van der Waals surface area contributed by atoms with Gasteiger partial charge in [-0.1, -0.05) is 28.1 Å². The molecule has 2 aromatic carbocycles. The molecule has 0 fully saturated rings. The van der Waals surface area contributed by atoms with E-state index >= 15 is 0 Å². The lowest BCUT2D eigenvalue weighted by Gasteiger charge is -2.04. The minimum atomic E-state index is -1.62. The molecular weight excluding hydrogens is 321 g/mol. The number of hydrogen-bond donors (Lipinski definition) is 0. The first kappa shape index (κ1) is 13.8. The molecule has 19 heavy (non-hydrogen) atoms. The van der Waals surface area contributed by atoms with E-state index in [1.54, 1.807) is 24.3 Å². The van der Waals surface area contributed by atoms with Gasteiger partial charge in [-0.25, -0.2) is 13.2 Å². The Morgan fingerprint density at radius 2 is 1.58 bits per heavy atom. The fraction of sp³-hybridized carbons (Fsp3) is 0.0714. The molecule has 0 amide bonds. The van der Waals surface area contributed by atoms with Crippen molar-refractivity contribution in [3.63, 3.8) is 0 Å². The van der Waals surface area contributed by atoms with Crippen LogP contribution in [0, 0.1) is 17.5 Å². The molecule has 0 spiro atoms. The Bertz CT molecular complexity index is 623. The summed E-state index contributed by atoms with van der Waals surface area (Å²) in [5.41, 5.74) is 0.221. The molecule has 1 nitrogen and oxygen atoms in total. The zero-order chi connectivity index (χ0) is 14.0. The van der Waals surface area contributed by atoms with Gasteiger partial charge in [0, 0.05) is 10.9 Å². The number of hydrogen-bond acceptors (Lipinski definition) is 1. The Morgan fingerprint density at radius 1 is 0.947 bits per heavy atom. The zero-order valence-corrected chi connectivity index (χ0v) is 11.2. The second-order valence-electron chi connectivity index (χ2n) is 3.95. The normalized spacial score (nSPS) is 10.5.